The molecule has 0 saturated heterocycles. The van der Waals surface area contributed by atoms with E-state index in [0.29, 0.717) is 11.3 Å². The van der Waals surface area contributed by atoms with Gasteiger partial charge in [-0.05, 0) is 30.3 Å². The number of hydrazone groups is 1. The van der Waals surface area contributed by atoms with Crippen molar-refractivity contribution < 1.29 is 14.3 Å². The Hall–Kier alpha value is -3.73. The molecule has 0 aliphatic rings. The second-order valence-electron chi connectivity index (χ2n) is 7.94. The molecule has 0 fully saturated rings. The highest BCUT2D eigenvalue weighted by atomic mass is 79.9. The van der Waals surface area contributed by atoms with Crippen molar-refractivity contribution in [2.75, 3.05) is 18.4 Å². The summed E-state index contributed by atoms with van der Waals surface area (Å²) in [6, 6.07) is 11.8. The van der Waals surface area contributed by atoms with E-state index >= 15 is 0 Å². The number of nitrogens with zero attached hydrogens (tertiary/aromatic N) is 4. The second kappa shape index (κ2) is 9.82. The third kappa shape index (κ3) is 5.55. The van der Waals surface area contributed by atoms with Gasteiger partial charge >= 0.3 is 5.97 Å². The lowest BCUT2D eigenvalue weighted by Gasteiger charge is -2.17. The summed E-state index contributed by atoms with van der Waals surface area (Å²) in [4.78, 5) is 25.1. The first-order valence-corrected chi connectivity index (χ1v) is 10.6. The summed E-state index contributed by atoms with van der Waals surface area (Å²) in [5.41, 5.74) is 2.59. The topological polar surface area (TPSA) is 134 Å². The van der Waals surface area contributed by atoms with Crippen molar-refractivity contribution in [1.29, 1.82) is 0 Å². The summed E-state index contributed by atoms with van der Waals surface area (Å²) in [7, 11) is 1.48. The van der Waals surface area contributed by atoms with E-state index in [0.717, 1.165) is 9.15 Å². The minimum Gasteiger partial charge on any atom is -0.496 e. The zero-order chi connectivity index (χ0) is 24.2. The van der Waals surface area contributed by atoms with Crippen LogP contribution in [-0.2, 0) is 5.41 Å². The molecule has 0 aliphatic carbocycles. The molecule has 2 aromatic carbocycles. The summed E-state index contributed by atoms with van der Waals surface area (Å²) in [6.45, 7) is 5.51. The van der Waals surface area contributed by atoms with Crippen molar-refractivity contribution in [2.45, 2.75) is 26.2 Å². The number of methoxy groups -OCH3 is 1. The number of aromatic nitrogens is 3. The smallest absolute Gasteiger partial charge is 0.347 e. The highest BCUT2D eigenvalue weighted by molar-refractivity contribution is 9.10. The number of nitrogens with one attached hydrogen (secondary N) is 1. The molecule has 0 saturated carbocycles. The Morgan fingerprint density at radius 1 is 1.18 bits per heavy atom. The average Bonchev–Trinajstić information content (AvgIpc) is 2.77. The number of hydrogen-bond acceptors (Lipinski definition) is 9. The van der Waals surface area contributed by atoms with Crippen molar-refractivity contribution in [1.82, 2.24) is 14.9 Å². The number of carbonyl (C=O) groups excluding carboxylic acids is 1. The number of carbonyl (C=O) groups is 1. The van der Waals surface area contributed by atoms with E-state index in [1.54, 1.807) is 42.5 Å². The molecule has 1 heterocycles. The molecule has 0 spiro atoms. The zero-order valence-corrected chi connectivity index (χ0v) is 20.1. The minimum absolute atomic E-state index is 0.0492. The summed E-state index contributed by atoms with van der Waals surface area (Å²) in [6.07, 6.45) is 1.40. The number of benzene rings is 2. The minimum atomic E-state index is -0.586. The summed E-state index contributed by atoms with van der Waals surface area (Å²) in [5.74, 6) is 5.87. The zero-order valence-electron chi connectivity index (χ0n) is 18.5. The first-order chi connectivity index (χ1) is 15.6. The van der Waals surface area contributed by atoms with Gasteiger partial charge in [-0.25, -0.2) is 10.2 Å². The van der Waals surface area contributed by atoms with Crippen LogP contribution in [0.3, 0.4) is 0 Å². The van der Waals surface area contributed by atoms with Crippen LogP contribution in [0.25, 0.3) is 0 Å². The summed E-state index contributed by atoms with van der Waals surface area (Å²) in [5, 5.41) is 12.0. The molecule has 0 radical (unpaired) electrons. The molecule has 11 heteroatoms. The van der Waals surface area contributed by atoms with E-state index in [4.69, 9.17) is 15.3 Å². The number of nitrogens with two attached hydrogens (primary N) is 1. The van der Waals surface area contributed by atoms with Crippen LogP contribution in [0.4, 0.5) is 5.95 Å². The predicted octanol–water partition coefficient (Wildman–Crippen LogP) is 3.09. The molecule has 3 aromatic rings. The number of nitrogen functional groups attached to an aromatic ring is 1. The largest absolute Gasteiger partial charge is 0.496 e. The van der Waals surface area contributed by atoms with Crippen LogP contribution >= 0.6 is 15.9 Å². The van der Waals surface area contributed by atoms with E-state index in [2.05, 4.69) is 36.7 Å². The Labute approximate surface area is 198 Å². The van der Waals surface area contributed by atoms with Crippen LogP contribution in [0.15, 0.2) is 56.8 Å². The standard InChI is InChI=1S/C22H23BrN6O4/c1-22(2,3)18-19(30)29(24)21(28-26-18)27-25-12-13-11-14(23)9-10-16(13)33-20(31)15-7-5-6-8-17(15)32-4/h5-12H,24H2,1-4H3,(H,27,28)/b25-12-. The van der Waals surface area contributed by atoms with Crippen molar-refractivity contribution >= 4 is 34.1 Å². The van der Waals surface area contributed by atoms with Gasteiger partial charge < -0.3 is 15.3 Å². The van der Waals surface area contributed by atoms with Gasteiger partial charge in [0.05, 0.1) is 13.3 Å². The summed E-state index contributed by atoms with van der Waals surface area (Å²) < 4.78 is 12.4. The number of anilines is 1. The SMILES string of the molecule is COc1ccccc1C(=O)Oc1ccc(Br)cc1/C=N\Nc1nnc(C(C)(C)C)c(=O)n1N. The third-order valence-electron chi connectivity index (χ3n) is 4.47. The van der Waals surface area contributed by atoms with E-state index < -0.39 is 16.9 Å². The van der Waals surface area contributed by atoms with E-state index in [9.17, 15) is 9.59 Å². The molecule has 0 bridgehead atoms. The number of ether oxygens (including phenoxy) is 2. The first kappa shape index (κ1) is 23.9. The van der Waals surface area contributed by atoms with Crippen LogP contribution in [0.1, 0.15) is 42.4 Å². The van der Waals surface area contributed by atoms with Crippen molar-refractivity contribution in [3.8, 4) is 11.5 Å². The summed E-state index contributed by atoms with van der Waals surface area (Å²) >= 11 is 3.38. The molecular formula is C22H23BrN6O4. The fourth-order valence-corrected chi connectivity index (χ4v) is 3.17. The van der Waals surface area contributed by atoms with Gasteiger partial charge in [0.2, 0.25) is 0 Å². The van der Waals surface area contributed by atoms with Crippen LogP contribution in [0, 0.1) is 0 Å². The highest BCUT2D eigenvalue weighted by Gasteiger charge is 2.22. The lowest BCUT2D eigenvalue weighted by Crippen LogP contribution is -2.38. The van der Waals surface area contributed by atoms with Crippen LogP contribution in [0.5, 0.6) is 11.5 Å². The molecule has 10 nitrogen and oxygen atoms in total. The number of esters is 1. The normalized spacial score (nSPS) is 11.4. The molecule has 0 atom stereocenters. The Morgan fingerprint density at radius 2 is 1.91 bits per heavy atom. The van der Waals surface area contributed by atoms with Crippen molar-refractivity contribution in [3.63, 3.8) is 0 Å². The van der Waals surface area contributed by atoms with Crippen molar-refractivity contribution in [2.24, 2.45) is 5.10 Å². The second-order valence-corrected chi connectivity index (χ2v) is 8.85. The molecule has 3 N–H and O–H groups in total. The van der Waals surface area contributed by atoms with Gasteiger partial charge in [0.1, 0.15) is 22.8 Å². The maximum atomic E-state index is 12.7. The predicted molar refractivity (Wildman–Crippen MR) is 128 cm³/mol. The van der Waals surface area contributed by atoms with E-state index in [1.807, 2.05) is 20.8 Å². The highest BCUT2D eigenvalue weighted by Crippen LogP contribution is 2.25. The molecule has 0 unspecified atom stereocenters. The molecule has 0 aliphatic heterocycles. The third-order valence-corrected chi connectivity index (χ3v) is 4.97. The number of halogens is 1. The first-order valence-electron chi connectivity index (χ1n) is 9.81. The van der Waals surface area contributed by atoms with E-state index in [1.165, 1.54) is 13.3 Å². The molecule has 33 heavy (non-hydrogen) atoms. The van der Waals surface area contributed by atoms with Gasteiger partial charge in [0.25, 0.3) is 11.5 Å². The monoisotopic (exact) mass is 514 g/mol. The Morgan fingerprint density at radius 3 is 2.61 bits per heavy atom. The van der Waals surface area contributed by atoms with Gasteiger partial charge in [-0.2, -0.15) is 9.78 Å². The maximum absolute atomic E-state index is 12.7. The molecular weight excluding hydrogens is 492 g/mol. The molecule has 172 valence electrons. The molecule has 0 amide bonds. The van der Waals surface area contributed by atoms with Crippen molar-refractivity contribution in [3.05, 3.63) is 74.1 Å². The van der Waals surface area contributed by atoms with Gasteiger partial charge in [-0.3, -0.25) is 4.79 Å². The Bertz CT molecular complexity index is 1270. The van der Waals surface area contributed by atoms with Crippen LogP contribution < -0.4 is 26.3 Å². The Balaban J connectivity index is 1.84. The number of para-hydroxylation sites is 1. The van der Waals surface area contributed by atoms with Gasteiger partial charge in [0, 0.05) is 15.5 Å². The van der Waals surface area contributed by atoms with Gasteiger partial charge in [-0.1, -0.05) is 48.8 Å². The number of rotatable bonds is 6. The molecule has 1 aromatic heterocycles. The number of hydrogen-bond donors (Lipinski definition) is 2. The lowest BCUT2D eigenvalue weighted by molar-refractivity contribution is 0.0731. The lowest BCUT2D eigenvalue weighted by atomic mass is 9.93. The van der Waals surface area contributed by atoms with Gasteiger partial charge in [0.15, 0.2) is 0 Å². The average molecular weight is 515 g/mol. The van der Waals surface area contributed by atoms with Crippen LogP contribution in [-0.4, -0.2) is 34.2 Å². The van der Waals surface area contributed by atoms with Crippen LogP contribution in [0.2, 0.25) is 0 Å². The molecule has 3 rings (SSSR count). The fraction of sp³-hybridized carbons (Fsp3) is 0.227. The maximum Gasteiger partial charge on any atom is 0.347 e. The van der Waals surface area contributed by atoms with E-state index in [-0.39, 0.29) is 23.0 Å². The fourth-order valence-electron chi connectivity index (χ4n) is 2.79. The quantitative estimate of drug-likeness (QED) is 0.168. The Kier molecular flexibility index (Phi) is 7.12. The van der Waals surface area contributed by atoms with Gasteiger partial charge in [-0.15, -0.1) is 10.2 Å².